The fraction of sp³-hybridized carbons (Fsp3) is 0.833. The molecule has 0 aliphatic heterocycles. The van der Waals surface area contributed by atoms with E-state index in [-0.39, 0.29) is 42.5 Å². The molecule has 0 spiro atoms. The summed E-state index contributed by atoms with van der Waals surface area (Å²) in [5.41, 5.74) is 0.973. The Labute approximate surface area is 286 Å². The average Bonchev–Trinajstić information content (AvgIpc) is 3.02. The van der Waals surface area contributed by atoms with Gasteiger partial charge in [-0.25, -0.2) is 0 Å². The molecule has 0 heterocycles. The molecule has 1 aromatic carbocycles. The average molecular weight is 711 g/mol. The van der Waals surface area contributed by atoms with Gasteiger partial charge in [-0.1, -0.05) is 17.7 Å². The third kappa shape index (κ3) is 8.76. The predicted octanol–water partition coefficient (Wildman–Crippen LogP) is 6.89. The third-order valence-corrected chi connectivity index (χ3v) is 15.0. The number of hydrogen-bond acceptors (Lipinski definition) is 10. The predicted molar refractivity (Wildman–Crippen MR) is 179 cm³/mol. The van der Waals surface area contributed by atoms with Crippen molar-refractivity contribution in [3.05, 3.63) is 29.8 Å². The second-order valence-corrected chi connectivity index (χ2v) is 19.5. The highest BCUT2D eigenvalue weighted by Crippen LogP contribution is 2.58. The maximum Gasteiger partial charge on any atom is 0.357 e. The minimum atomic E-state index is -4.16. The molecule has 8 aliphatic carbocycles. The molecule has 8 aliphatic rings. The second kappa shape index (κ2) is 15.0. The Morgan fingerprint density at radius 2 is 0.979 bits per heavy atom. The van der Waals surface area contributed by atoms with Crippen LogP contribution in [0, 0.1) is 42.4 Å². The highest BCUT2D eigenvalue weighted by molar-refractivity contribution is 7.87. The summed E-state index contributed by atoms with van der Waals surface area (Å²) >= 11 is 0. The van der Waals surface area contributed by atoms with Gasteiger partial charge in [0, 0.05) is 0 Å². The lowest BCUT2D eigenvalue weighted by Gasteiger charge is -2.56. The van der Waals surface area contributed by atoms with Gasteiger partial charge in [0.1, 0.15) is 0 Å². The summed E-state index contributed by atoms with van der Waals surface area (Å²) in [7, 11) is -8.12. The van der Waals surface area contributed by atoms with Crippen LogP contribution in [0.4, 0.5) is 0 Å². The van der Waals surface area contributed by atoms with Crippen molar-refractivity contribution < 1.29 is 45.2 Å². The molecule has 8 fully saturated rings. The van der Waals surface area contributed by atoms with E-state index in [0.29, 0.717) is 26.4 Å². The summed E-state index contributed by atoms with van der Waals surface area (Å²) < 4.78 is 80.0. The van der Waals surface area contributed by atoms with Crippen molar-refractivity contribution in [1.29, 1.82) is 0 Å². The van der Waals surface area contributed by atoms with Gasteiger partial charge in [-0.3, -0.25) is 8.75 Å². The lowest BCUT2D eigenvalue weighted by atomic mass is 9.54. The molecule has 10 nitrogen and oxygen atoms in total. The molecule has 1 aromatic rings. The van der Waals surface area contributed by atoms with Gasteiger partial charge < -0.3 is 28.0 Å². The summed E-state index contributed by atoms with van der Waals surface area (Å²) in [5, 5.41) is 0. The topological polar surface area (TPSA) is 116 Å². The molecule has 8 bridgehead atoms. The summed E-state index contributed by atoms with van der Waals surface area (Å²) in [6.07, 6.45) is 14.5. The van der Waals surface area contributed by atoms with Crippen molar-refractivity contribution in [2.45, 2.75) is 100 Å². The van der Waals surface area contributed by atoms with E-state index in [4.69, 9.17) is 32.2 Å². The summed E-state index contributed by atoms with van der Waals surface area (Å²) in [6.45, 7) is 3.97. The lowest BCUT2D eigenvalue weighted by Crippen LogP contribution is -2.52. The molecule has 0 aromatic heterocycles. The van der Waals surface area contributed by atoms with Crippen LogP contribution < -0.4 is 0 Å². The zero-order chi connectivity index (χ0) is 33.2. The zero-order valence-electron chi connectivity index (χ0n) is 28.6. The van der Waals surface area contributed by atoms with Gasteiger partial charge in [0.05, 0.1) is 69.0 Å². The van der Waals surface area contributed by atoms with Gasteiger partial charge in [0.15, 0.2) is 6.35 Å². The SMILES string of the molecule is Cc1ccc(S(=O)(=O)OCP(=O)(OCCOCCOC23CC4CC(CC(C4)C2)C3)OCCOCCOC23CC4CC(CC(C4)C2)C3)cc1. The number of aryl methyl sites for hydroxylation is 1. The molecule has 270 valence electrons. The van der Waals surface area contributed by atoms with E-state index in [1.165, 1.54) is 89.2 Å². The molecular weight excluding hydrogens is 655 g/mol. The van der Waals surface area contributed by atoms with Gasteiger partial charge in [0.2, 0.25) is 0 Å². The van der Waals surface area contributed by atoms with Crippen LogP contribution in [0.3, 0.4) is 0 Å². The van der Waals surface area contributed by atoms with E-state index in [2.05, 4.69) is 0 Å². The minimum absolute atomic E-state index is 0.0237. The maximum absolute atomic E-state index is 13.6. The molecule has 0 unspecified atom stereocenters. The van der Waals surface area contributed by atoms with E-state index < -0.39 is 24.1 Å². The molecule has 0 saturated heterocycles. The van der Waals surface area contributed by atoms with Gasteiger partial charge in [-0.2, -0.15) is 8.42 Å². The Hall–Kier alpha value is -0.880. The van der Waals surface area contributed by atoms with Crippen molar-refractivity contribution in [3.63, 3.8) is 0 Å². The molecule has 0 N–H and O–H groups in total. The first-order valence-electron chi connectivity index (χ1n) is 18.4. The normalized spacial score (nSPS) is 36.1. The molecule has 0 radical (unpaired) electrons. The van der Waals surface area contributed by atoms with Gasteiger partial charge in [-0.05, 0) is 132 Å². The first-order valence-corrected chi connectivity index (χ1v) is 21.5. The van der Waals surface area contributed by atoms with Crippen molar-refractivity contribution in [3.8, 4) is 0 Å². The summed E-state index contributed by atoms with van der Waals surface area (Å²) in [4.78, 5) is -0.0237. The molecular formula is C36H55O10PS. The van der Waals surface area contributed by atoms with Crippen LogP contribution in [0.5, 0.6) is 0 Å². The van der Waals surface area contributed by atoms with Crippen LogP contribution in [0.25, 0.3) is 0 Å². The quantitative estimate of drug-likeness (QED) is 0.0805. The minimum Gasteiger partial charge on any atom is -0.377 e. The summed E-state index contributed by atoms with van der Waals surface area (Å²) in [5.74, 6) is 4.93. The highest BCUT2D eigenvalue weighted by atomic mass is 32.2. The highest BCUT2D eigenvalue weighted by Gasteiger charge is 2.52. The number of ether oxygens (including phenoxy) is 4. The zero-order valence-corrected chi connectivity index (χ0v) is 30.3. The van der Waals surface area contributed by atoms with Crippen molar-refractivity contribution in [1.82, 2.24) is 0 Å². The van der Waals surface area contributed by atoms with Crippen molar-refractivity contribution in [2.24, 2.45) is 35.5 Å². The molecule has 0 amide bonds. The molecule has 12 heteroatoms. The Bertz CT molecular complexity index is 1250. The Morgan fingerprint density at radius 1 is 0.604 bits per heavy atom. The van der Waals surface area contributed by atoms with E-state index in [1.807, 2.05) is 6.92 Å². The summed E-state index contributed by atoms with van der Waals surface area (Å²) in [6, 6.07) is 6.26. The van der Waals surface area contributed by atoms with Crippen LogP contribution >= 0.6 is 7.60 Å². The van der Waals surface area contributed by atoms with Crippen molar-refractivity contribution >= 4 is 17.7 Å². The standard InChI is InChI=1S/C36H55O10PS/c1-27-2-4-34(5-3-27)48(38,39)46-26-47(37,44-12-8-40-6-10-42-35-20-28-14-29(21-35)16-30(15-28)22-35)45-13-9-41-7-11-43-36-23-31-17-32(24-36)19-33(18-31)25-36/h2-5,28-33H,6-26H2,1H3. The van der Waals surface area contributed by atoms with Crippen LogP contribution in [0.2, 0.25) is 0 Å². The third-order valence-electron chi connectivity index (χ3n) is 11.9. The van der Waals surface area contributed by atoms with Crippen LogP contribution in [-0.4, -0.2) is 78.8 Å². The second-order valence-electron chi connectivity index (χ2n) is 15.9. The fourth-order valence-corrected chi connectivity index (χ4v) is 13.3. The van der Waals surface area contributed by atoms with E-state index >= 15 is 0 Å². The molecule has 0 atom stereocenters. The van der Waals surface area contributed by atoms with Crippen LogP contribution in [0.1, 0.15) is 82.6 Å². The number of benzene rings is 1. The monoisotopic (exact) mass is 710 g/mol. The van der Waals surface area contributed by atoms with Gasteiger partial charge in [0.25, 0.3) is 10.1 Å². The number of rotatable bonds is 20. The molecule has 8 saturated carbocycles. The van der Waals surface area contributed by atoms with Gasteiger partial charge >= 0.3 is 7.60 Å². The Morgan fingerprint density at radius 3 is 1.38 bits per heavy atom. The molecule has 9 rings (SSSR count). The largest absolute Gasteiger partial charge is 0.377 e. The van der Waals surface area contributed by atoms with E-state index in [0.717, 1.165) is 41.1 Å². The number of hydrogen-bond donors (Lipinski definition) is 0. The van der Waals surface area contributed by atoms with Crippen LogP contribution in [-0.2, 0) is 46.9 Å². The van der Waals surface area contributed by atoms with Gasteiger partial charge in [-0.15, -0.1) is 0 Å². The molecule has 48 heavy (non-hydrogen) atoms. The smallest absolute Gasteiger partial charge is 0.357 e. The maximum atomic E-state index is 13.6. The first-order chi connectivity index (χ1) is 23.1. The fourth-order valence-electron chi connectivity index (χ4n) is 10.7. The Kier molecular flexibility index (Phi) is 11.1. The van der Waals surface area contributed by atoms with E-state index in [1.54, 1.807) is 12.1 Å². The van der Waals surface area contributed by atoms with E-state index in [9.17, 15) is 13.0 Å². The lowest BCUT2D eigenvalue weighted by molar-refractivity contribution is -0.169. The first kappa shape index (κ1) is 35.5. The van der Waals surface area contributed by atoms with Crippen LogP contribution in [0.15, 0.2) is 29.2 Å². The van der Waals surface area contributed by atoms with Crippen molar-refractivity contribution in [2.75, 3.05) is 59.2 Å². The Balaban J connectivity index is 0.830.